The molecule has 10 aromatic heterocycles. The first kappa shape index (κ1) is 87.1. The number of fused-ring (bicyclic) bond motifs is 2. The van der Waals surface area contributed by atoms with E-state index in [0.717, 1.165) is 109 Å². The molecule has 0 saturated carbocycles. The van der Waals surface area contributed by atoms with Gasteiger partial charge in [-0.25, -0.2) is 29.3 Å². The van der Waals surface area contributed by atoms with E-state index in [9.17, 15) is 17.6 Å². The molecule has 0 unspecified atom stereocenters. The fraction of sp³-hybridized carbons (Fsp3) is 0.0978. The number of nitrogens with one attached hydrogen (secondary N) is 5. The van der Waals surface area contributed by atoms with Crippen LogP contribution in [0.25, 0.3) is 21.5 Å². The first-order valence-electron chi connectivity index (χ1n) is 38.7. The maximum atomic E-state index is 14.6. The minimum atomic E-state index is -4.49. The first-order chi connectivity index (χ1) is 60.4. The average Bonchev–Trinajstić information content (AvgIpc) is 0.787. The van der Waals surface area contributed by atoms with Gasteiger partial charge in [0.05, 0.1) is 5.56 Å². The molecule has 0 amide bonds. The van der Waals surface area contributed by atoms with Crippen LogP contribution in [0.4, 0.5) is 105 Å². The highest BCUT2D eigenvalue weighted by atomic mass is 32.2. The molecule has 33 heteroatoms. The number of hydrogen-bond acceptors (Lipinski definition) is 29. The van der Waals surface area contributed by atoms with Crippen LogP contribution in [0.15, 0.2) is 301 Å². The van der Waals surface area contributed by atoms with Gasteiger partial charge in [0.2, 0.25) is 29.7 Å². The standard InChI is InChI=1S/C20H16FN5O.C20H17N5O.C18H19N5.C17H14F3N5S.C17H17N5S/c1-12-9-19(26-20(22)24-12)25-14-5-6-18(16(21)10-14)27-17-4-2-3-13-11-23-8-7-15(13)17;1-13-11-19(25-20(21)23-13)24-15-5-7-16(8-6-15)26-18-4-2-3-14-12-22-10-9-17(14)18;1-13-12-17(23-18(19)21-13)22-16-6-4-14(5-7-16)2-3-15-8-10-20-11-9-15;1-10-8-15(25-16(21)23-10)24-11-2-3-14(13(9-11)17(18,19)20)26-12-4-6-22-7-5-12;1-12-10-16(22-17(18)20-12)21-14-4-2-13(3-5-14)11-23-15-6-8-19-9-7-15/h2-11H,1H3,(H3,22,24,25,26);2-12H,1H3,(H3,21,23,24,25);4-12H,2-3H2,1H3,(H3,19,21,22,23);2-9H,1H3,(H3,21,23,24,25);2-10H,11H2,1H3,(H3,18,20,21,22). The Morgan fingerprint density at radius 3 is 1.12 bits per heavy atom. The van der Waals surface area contributed by atoms with Crippen LogP contribution >= 0.6 is 23.5 Å². The van der Waals surface area contributed by atoms with Crippen molar-refractivity contribution in [1.29, 1.82) is 0 Å². The number of halogens is 4. The Labute approximate surface area is 725 Å². The van der Waals surface area contributed by atoms with Crippen LogP contribution in [0, 0.1) is 40.4 Å². The number of rotatable bonds is 22. The minimum absolute atomic E-state index is 0.0495. The summed E-state index contributed by atoms with van der Waals surface area (Å²) in [6.07, 6.45) is 14.9. The van der Waals surface area contributed by atoms with E-state index < -0.39 is 17.6 Å². The fourth-order valence-electron chi connectivity index (χ4n) is 12.2. The van der Waals surface area contributed by atoms with Crippen LogP contribution in [-0.4, -0.2) is 74.8 Å². The van der Waals surface area contributed by atoms with Crippen LogP contribution in [0.3, 0.4) is 0 Å². The number of nitrogen functional groups attached to an aromatic ring is 5. The molecular formula is C92H83F4N25O2S2. The second kappa shape index (κ2) is 42.0. The van der Waals surface area contributed by atoms with E-state index in [1.807, 2.05) is 161 Å². The molecule has 7 aromatic carbocycles. The zero-order valence-corrected chi connectivity index (χ0v) is 69.6. The van der Waals surface area contributed by atoms with Crippen LogP contribution in [0.1, 0.15) is 50.7 Å². The number of aryl methyl sites for hydroxylation is 7. The van der Waals surface area contributed by atoms with Gasteiger partial charge in [0, 0.05) is 197 Å². The van der Waals surface area contributed by atoms with Gasteiger partial charge in [0.25, 0.3) is 0 Å². The Bertz CT molecular complexity index is 6220. The molecule has 17 rings (SSSR count). The largest absolute Gasteiger partial charge is 0.457 e. The molecule has 0 aliphatic heterocycles. The molecule has 0 aliphatic rings. The molecule has 0 saturated heterocycles. The summed E-state index contributed by atoms with van der Waals surface area (Å²) in [5.74, 6) is 6.56. The van der Waals surface area contributed by atoms with Crippen molar-refractivity contribution in [2.75, 3.05) is 55.3 Å². The van der Waals surface area contributed by atoms with Crippen molar-refractivity contribution in [3.8, 4) is 23.0 Å². The lowest BCUT2D eigenvalue weighted by atomic mass is 10.1. The van der Waals surface area contributed by atoms with Crippen LogP contribution < -0.4 is 64.7 Å². The third-order valence-electron chi connectivity index (χ3n) is 17.8. The second-order valence-electron chi connectivity index (χ2n) is 27.7. The van der Waals surface area contributed by atoms with Gasteiger partial charge >= 0.3 is 6.18 Å². The molecule has 0 radical (unpaired) electrons. The van der Waals surface area contributed by atoms with Gasteiger partial charge in [0.1, 0.15) is 46.3 Å². The Balaban J connectivity index is 0.000000134. The monoisotopic (exact) mass is 1710 g/mol. The molecule has 125 heavy (non-hydrogen) atoms. The Kier molecular flexibility index (Phi) is 29.2. The zero-order valence-electron chi connectivity index (χ0n) is 68.0. The lowest BCUT2D eigenvalue weighted by Gasteiger charge is -2.15. The Morgan fingerprint density at radius 1 is 0.336 bits per heavy atom. The zero-order chi connectivity index (χ0) is 87.6. The normalized spacial score (nSPS) is 10.8. The SMILES string of the molecule is Cc1cc(Nc2ccc(CCc3ccncc3)cc2)nc(N)n1.Cc1cc(Nc2ccc(CSc3ccncc3)cc2)nc(N)n1.Cc1cc(Nc2ccc(Oc3cccc4cnccc34)c(F)c2)nc(N)n1.Cc1cc(Nc2ccc(Oc3cccc4cnccc34)cc2)nc(N)n1.Cc1cc(Nc2ccc(Sc3ccncc3)c(C(F)(F)F)c2)nc(N)n1. The van der Waals surface area contributed by atoms with Crippen LogP contribution in [0.5, 0.6) is 23.0 Å². The predicted octanol–water partition coefficient (Wildman–Crippen LogP) is 20.8. The molecule has 0 bridgehead atoms. The van der Waals surface area contributed by atoms with Gasteiger partial charge < -0.3 is 64.7 Å². The number of nitrogens with zero attached hydrogens (tertiary/aromatic N) is 15. The minimum Gasteiger partial charge on any atom is -0.457 e. The van der Waals surface area contributed by atoms with E-state index in [1.165, 1.54) is 46.1 Å². The Morgan fingerprint density at radius 2 is 0.696 bits per heavy atom. The molecular weight excluding hydrogens is 1630 g/mol. The number of pyridine rings is 5. The highest BCUT2D eigenvalue weighted by Gasteiger charge is 2.34. The maximum Gasteiger partial charge on any atom is 0.417 e. The number of benzene rings is 7. The third-order valence-corrected chi connectivity index (χ3v) is 20.0. The smallest absolute Gasteiger partial charge is 0.417 e. The number of aromatic nitrogens is 15. The molecule has 10 heterocycles. The van der Waals surface area contributed by atoms with Crippen molar-refractivity contribution in [1.82, 2.24) is 74.8 Å². The number of alkyl halides is 3. The number of thioether (sulfide) groups is 1. The van der Waals surface area contributed by atoms with E-state index in [-0.39, 0.29) is 46.1 Å². The van der Waals surface area contributed by atoms with Crippen LogP contribution in [-0.2, 0) is 24.8 Å². The lowest BCUT2D eigenvalue weighted by molar-refractivity contribution is -0.139. The summed E-state index contributed by atoms with van der Waals surface area (Å²) < 4.78 is 66.9. The number of hydrogen-bond donors (Lipinski definition) is 10. The van der Waals surface area contributed by atoms with Gasteiger partial charge in [0.15, 0.2) is 11.6 Å². The van der Waals surface area contributed by atoms with Crippen molar-refractivity contribution in [3.63, 3.8) is 0 Å². The van der Waals surface area contributed by atoms with E-state index >= 15 is 0 Å². The van der Waals surface area contributed by atoms with Crippen molar-refractivity contribution in [2.24, 2.45) is 0 Å². The second-order valence-corrected chi connectivity index (χ2v) is 29.8. The van der Waals surface area contributed by atoms with Crippen molar-refractivity contribution < 1.29 is 27.0 Å². The molecule has 0 spiro atoms. The van der Waals surface area contributed by atoms with Crippen molar-refractivity contribution in [2.45, 2.75) is 74.1 Å². The summed E-state index contributed by atoms with van der Waals surface area (Å²) in [5.41, 5.74) is 38.8. The van der Waals surface area contributed by atoms with Gasteiger partial charge in [-0.2, -0.15) is 38.1 Å². The van der Waals surface area contributed by atoms with Gasteiger partial charge in [-0.3, -0.25) is 24.9 Å². The quantitative estimate of drug-likeness (QED) is 0.0222. The van der Waals surface area contributed by atoms with Crippen molar-refractivity contribution >= 4 is 132 Å². The summed E-state index contributed by atoms with van der Waals surface area (Å²) in [7, 11) is 0. The van der Waals surface area contributed by atoms with Gasteiger partial charge in [-0.15, -0.1) is 11.8 Å². The van der Waals surface area contributed by atoms with Crippen LogP contribution in [0.2, 0.25) is 0 Å². The fourth-order valence-corrected chi connectivity index (χ4v) is 14.0. The highest BCUT2D eigenvalue weighted by Crippen LogP contribution is 2.42. The third kappa shape index (κ3) is 26.6. The molecule has 0 atom stereocenters. The summed E-state index contributed by atoms with van der Waals surface area (Å²) in [4.78, 5) is 62.9. The average molecular weight is 1710 g/mol. The molecule has 17 aromatic rings. The summed E-state index contributed by atoms with van der Waals surface area (Å²) >= 11 is 2.82. The lowest BCUT2D eigenvalue weighted by Crippen LogP contribution is -2.08. The van der Waals surface area contributed by atoms with Gasteiger partial charge in [-0.1, -0.05) is 60.3 Å². The van der Waals surface area contributed by atoms with Gasteiger partial charge in [-0.05, 0) is 204 Å². The summed E-state index contributed by atoms with van der Waals surface area (Å²) in [5, 5.41) is 19.4. The Hall–Kier alpha value is -15.8. The van der Waals surface area contributed by atoms with Crippen molar-refractivity contribution in [3.05, 3.63) is 343 Å². The number of ether oxygens (including phenoxy) is 2. The predicted molar refractivity (Wildman–Crippen MR) is 487 cm³/mol. The highest BCUT2D eigenvalue weighted by molar-refractivity contribution is 7.99. The van der Waals surface area contributed by atoms with E-state index in [4.69, 9.17) is 38.1 Å². The summed E-state index contributed by atoms with van der Waals surface area (Å²) in [6.45, 7) is 9.19. The molecule has 15 N–H and O–H groups in total. The number of nitrogens with two attached hydrogens (primary N) is 5. The maximum absolute atomic E-state index is 14.6. The van der Waals surface area contributed by atoms with E-state index in [2.05, 4.69) is 150 Å². The number of anilines is 15. The first-order valence-corrected chi connectivity index (χ1v) is 40.5. The molecule has 628 valence electrons. The molecule has 0 fully saturated rings. The van der Waals surface area contributed by atoms with E-state index in [1.54, 1.807) is 92.7 Å². The molecule has 27 nitrogen and oxygen atoms in total. The topological polar surface area (TPSA) is 402 Å². The van der Waals surface area contributed by atoms with E-state index in [0.29, 0.717) is 51.1 Å². The molecule has 0 aliphatic carbocycles. The summed E-state index contributed by atoms with van der Waals surface area (Å²) in [6, 6.07) is 68.6.